The molecule has 5 heteroatoms. The summed E-state index contributed by atoms with van der Waals surface area (Å²) < 4.78 is 2.13. The first-order valence-electron chi connectivity index (χ1n) is 10.2. The van der Waals surface area contributed by atoms with Gasteiger partial charge >= 0.3 is 0 Å². The summed E-state index contributed by atoms with van der Waals surface area (Å²) in [6.45, 7) is 3.55. The molecule has 0 saturated carbocycles. The maximum Gasteiger partial charge on any atom is 0.221 e. The maximum atomic E-state index is 12.3. The van der Waals surface area contributed by atoms with E-state index in [1.165, 1.54) is 19.3 Å². The van der Waals surface area contributed by atoms with E-state index < -0.39 is 0 Å². The molecule has 0 aliphatic carbocycles. The van der Waals surface area contributed by atoms with Crippen LogP contribution in [0.1, 0.15) is 39.0 Å². The van der Waals surface area contributed by atoms with Crippen molar-refractivity contribution < 1.29 is 4.79 Å². The molecule has 0 aliphatic rings. The van der Waals surface area contributed by atoms with E-state index >= 15 is 0 Å². The third-order valence-corrected chi connectivity index (χ3v) is 5.17. The van der Waals surface area contributed by atoms with Gasteiger partial charge in [-0.15, -0.1) is 0 Å². The number of carbonyl (C=O) groups is 1. The molecule has 0 unspecified atom stereocenters. The lowest BCUT2D eigenvalue weighted by molar-refractivity contribution is -0.121. The van der Waals surface area contributed by atoms with Crippen molar-refractivity contribution in [2.75, 3.05) is 6.54 Å². The molecule has 0 atom stereocenters. The van der Waals surface area contributed by atoms with E-state index in [1.807, 2.05) is 36.4 Å². The molecule has 0 bridgehead atoms. The molecule has 2 aromatic heterocycles. The summed E-state index contributed by atoms with van der Waals surface area (Å²) >= 11 is 0. The molecular formula is C23H26N4O. The number of aromatic nitrogens is 3. The summed E-state index contributed by atoms with van der Waals surface area (Å²) in [6.07, 6.45) is 5.09. The van der Waals surface area contributed by atoms with Crippen LogP contribution in [0, 0.1) is 0 Å². The van der Waals surface area contributed by atoms with Crippen LogP contribution in [0.4, 0.5) is 0 Å². The number of nitrogens with one attached hydrogen (secondary N) is 1. The lowest BCUT2D eigenvalue weighted by atomic mass is 10.2. The number of benzene rings is 2. The van der Waals surface area contributed by atoms with Crippen molar-refractivity contribution in [2.45, 2.75) is 45.6 Å². The van der Waals surface area contributed by atoms with Gasteiger partial charge in [0.05, 0.1) is 16.6 Å². The smallest absolute Gasteiger partial charge is 0.221 e. The summed E-state index contributed by atoms with van der Waals surface area (Å²) in [6, 6.07) is 16.1. The second-order valence-electron chi connectivity index (χ2n) is 7.21. The van der Waals surface area contributed by atoms with Crippen LogP contribution in [0.15, 0.2) is 48.5 Å². The Balaban J connectivity index is 1.59. The van der Waals surface area contributed by atoms with Crippen LogP contribution >= 0.6 is 0 Å². The Kier molecular flexibility index (Phi) is 5.51. The van der Waals surface area contributed by atoms with Crippen molar-refractivity contribution >= 4 is 39.0 Å². The van der Waals surface area contributed by atoms with E-state index in [1.54, 1.807) is 0 Å². The Morgan fingerprint density at radius 1 is 0.964 bits per heavy atom. The molecular weight excluding hydrogens is 348 g/mol. The Bertz CT molecular complexity index is 1120. The van der Waals surface area contributed by atoms with Crippen molar-refractivity contribution in [2.24, 2.45) is 0 Å². The summed E-state index contributed by atoms with van der Waals surface area (Å²) in [5.74, 6) is 0.0937. The lowest BCUT2D eigenvalue weighted by Crippen LogP contribution is -2.25. The predicted octanol–water partition coefficient (Wildman–Crippen LogP) is 4.82. The minimum Gasteiger partial charge on any atom is -0.356 e. The van der Waals surface area contributed by atoms with Gasteiger partial charge in [-0.05, 0) is 24.6 Å². The monoisotopic (exact) mass is 374 g/mol. The number of aryl methyl sites for hydroxylation is 1. The molecule has 0 aliphatic heterocycles. The van der Waals surface area contributed by atoms with E-state index in [2.05, 4.69) is 28.9 Å². The van der Waals surface area contributed by atoms with Gasteiger partial charge in [0.2, 0.25) is 5.91 Å². The second kappa shape index (κ2) is 8.38. The summed E-state index contributed by atoms with van der Waals surface area (Å²) in [4.78, 5) is 22.0. The number of para-hydroxylation sites is 3. The van der Waals surface area contributed by atoms with Gasteiger partial charge in [0.25, 0.3) is 0 Å². The van der Waals surface area contributed by atoms with E-state index in [0.29, 0.717) is 13.0 Å². The van der Waals surface area contributed by atoms with E-state index in [9.17, 15) is 4.79 Å². The van der Waals surface area contributed by atoms with Gasteiger partial charge in [0, 0.05) is 24.9 Å². The van der Waals surface area contributed by atoms with Crippen molar-refractivity contribution in [1.29, 1.82) is 0 Å². The van der Waals surface area contributed by atoms with Crippen LogP contribution in [-0.4, -0.2) is 27.0 Å². The zero-order valence-electron chi connectivity index (χ0n) is 16.3. The molecule has 28 heavy (non-hydrogen) atoms. The quantitative estimate of drug-likeness (QED) is 0.450. The van der Waals surface area contributed by atoms with Crippen LogP contribution in [0.2, 0.25) is 0 Å². The number of rotatable bonds is 8. The third kappa shape index (κ3) is 3.70. The van der Waals surface area contributed by atoms with Crippen LogP contribution in [0.25, 0.3) is 33.1 Å². The first kappa shape index (κ1) is 18.4. The minimum atomic E-state index is 0.0937. The Morgan fingerprint density at radius 2 is 1.71 bits per heavy atom. The highest BCUT2D eigenvalue weighted by Gasteiger charge is 2.14. The molecule has 0 fully saturated rings. The predicted molar refractivity (Wildman–Crippen MR) is 114 cm³/mol. The number of hydrogen-bond acceptors (Lipinski definition) is 3. The zero-order valence-corrected chi connectivity index (χ0v) is 16.3. The molecule has 5 nitrogen and oxygen atoms in total. The fourth-order valence-corrected chi connectivity index (χ4v) is 3.69. The summed E-state index contributed by atoms with van der Waals surface area (Å²) in [5.41, 5.74) is 4.58. The zero-order chi connectivity index (χ0) is 19.3. The average molecular weight is 374 g/mol. The molecule has 4 rings (SSSR count). The number of unbranched alkanes of at least 4 members (excludes halogenated alkanes) is 3. The molecule has 1 amide bonds. The van der Waals surface area contributed by atoms with Crippen molar-refractivity contribution in [1.82, 2.24) is 19.9 Å². The third-order valence-electron chi connectivity index (χ3n) is 5.17. The van der Waals surface area contributed by atoms with Gasteiger partial charge in [-0.1, -0.05) is 56.5 Å². The number of nitrogens with zero attached hydrogens (tertiary/aromatic N) is 3. The minimum absolute atomic E-state index is 0.0937. The highest BCUT2D eigenvalue weighted by molar-refractivity contribution is 6.06. The number of hydrogen-bond donors (Lipinski definition) is 1. The molecule has 0 saturated heterocycles. The van der Waals surface area contributed by atoms with Gasteiger partial charge in [-0.25, -0.2) is 9.97 Å². The largest absolute Gasteiger partial charge is 0.356 e. The second-order valence-corrected chi connectivity index (χ2v) is 7.21. The van der Waals surface area contributed by atoms with Crippen molar-refractivity contribution in [3.05, 3.63) is 48.5 Å². The van der Waals surface area contributed by atoms with E-state index in [0.717, 1.165) is 46.1 Å². The van der Waals surface area contributed by atoms with Crippen LogP contribution in [0.5, 0.6) is 0 Å². The standard InChI is InChI=1S/C23H26N4O/c1-2-3-4-9-15-24-21(28)14-16-27-20-13-8-5-10-17(20)22-23(27)26-19-12-7-6-11-18(19)25-22/h5-8,10-13H,2-4,9,14-16H2,1H3,(H,24,28). The average Bonchev–Trinajstić information content (AvgIpc) is 3.03. The molecule has 4 aromatic rings. The number of fused-ring (bicyclic) bond motifs is 4. The van der Waals surface area contributed by atoms with Crippen LogP contribution < -0.4 is 5.32 Å². The van der Waals surface area contributed by atoms with Gasteiger partial charge in [-0.3, -0.25) is 4.79 Å². The van der Waals surface area contributed by atoms with Crippen molar-refractivity contribution in [3.8, 4) is 0 Å². The Labute approximate surface area is 164 Å². The Hall–Kier alpha value is -2.95. The molecule has 144 valence electrons. The first-order valence-corrected chi connectivity index (χ1v) is 10.2. The normalized spacial score (nSPS) is 11.5. The number of amides is 1. The SMILES string of the molecule is CCCCCCNC(=O)CCn1c2ccccc2c2nc3ccccc3nc21. The highest BCUT2D eigenvalue weighted by Crippen LogP contribution is 2.28. The lowest BCUT2D eigenvalue weighted by Gasteiger charge is -2.08. The van der Waals surface area contributed by atoms with E-state index in [4.69, 9.17) is 9.97 Å². The summed E-state index contributed by atoms with van der Waals surface area (Å²) in [7, 11) is 0. The molecule has 2 heterocycles. The van der Waals surface area contributed by atoms with Crippen LogP contribution in [0.3, 0.4) is 0 Å². The van der Waals surface area contributed by atoms with Gasteiger partial charge in [0.1, 0.15) is 5.52 Å². The fraction of sp³-hybridized carbons (Fsp3) is 0.348. The van der Waals surface area contributed by atoms with Gasteiger partial charge in [0.15, 0.2) is 5.65 Å². The van der Waals surface area contributed by atoms with Gasteiger partial charge in [-0.2, -0.15) is 0 Å². The van der Waals surface area contributed by atoms with E-state index in [-0.39, 0.29) is 5.91 Å². The topological polar surface area (TPSA) is 59.8 Å². The van der Waals surface area contributed by atoms with Crippen LogP contribution in [-0.2, 0) is 11.3 Å². The molecule has 0 spiro atoms. The van der Waals surface area contributed by atoms with Crippen molar-refractivity contribution in [3.63, 3.8) is 0 Å². The molecule has 2 aromatic carbocycles. The highest BCUT2D eigenvalue weighted by atomic mass is 16.1. The molecule has 0 radical (unpaired) electrons. The summed E-state index contributed by atoms with van der Waals surface area (Å²) in [5, 5.41) is 4.12. The maximum absolute atomic E-state index is 12.3. The fourth-order valence-electron chi connectivity index (χ4n) is 3.69. The Morgan fingerprint density at radius 3 is 2.54 bits per heavy atom. The first-order chi connectivity index (χ1) is 13.8. The molecule has 1 N–H and O–H groups in total. The van der Waals surface area contributed by atoms with Gasteiger partial charge < -0.3 is 9.88 Å². The number of carbonyl (C=O) groups excluding carboxylic acids is 1.